The summed E-state index contributed by atoms with van der Waals surface area (Å²) in [5.41, 5.74) is 4.40. The monoisotopic (exact) mass is 202 g/mol. The van der Waals surface area contributed by atoms with E-state index in [1.54, 1.807) is 5.57 Å². The zero-order valence-electron chi connectivity index (χ0n) is 9.89. The topological polar surface area (TPSA) is 0 Å². The van der Waals surface area contributed by atoms with E-state index in [0.717, 1.165) is 11.8 Å². The minimum atomic E-state index is 0.768. The molecule has 0 amide bonds. The molecule has 0 heteroatoms. The lowest BCUT2D eigenvalue weighted by Gasteiger charge is -2.23. The van der Waals surface area contributed by atoms with Gasteiger partial charge in [-0.25, -0.2) is 0 Å². The van der Waals surface area contributed by atoms with Crippen LogP contribution in [0.3, 0.4) is 0 Å². The third kappa shape index (κ3) is 2.42. The van der Waals surface area contributed by atoms with Crippen LogP contribution in [0.2, 0.25) is 0 Å². The van der Waals surface area contributed by atoms with E-state index in [1.807, 2.05) is 0 Å². The van der Waals surface area contributed by atoms with Crippen LogP contribution in [-0.2, 0) is 0 Å². The summed E-state index contributed by atoms with van der Waals surface area (Å²) in [6.45, 7) is 10.4. The average molecular weight is 202 g/mol. The second kappa shape index (κ2) is 4.38. The van der Waals surface area contributed by atoms with Crippen molar-refractivity contribution in [2.75, 3.05) is 0 Å². The highest BCUT2D eigenvalue weighted by atomic mass is 14.3. The molecular weight excluding hydrogens is 180 g/mol. The quantitative estimate of drug-likeness (QED) is 0.543. The molecule has 0 aromatic carbocycles. The van der Waals surface area contributed by atoms with E-state index in [9.17, 15) is 0 Å². The van der Waals surface area contributed by atoms with Gasteiger partial charge in [0, 0.05) is 0 Å². The largest absolute Gasteiger partial charge is 0.0999 e. The van der Waals surface area contributed by atoms with Crippen LogP contribution in [0.1, 0.15) is 45.4 Å². The van der Waals surface area contributed by atoms with Crippen LogP contribution >= 0.6 is 0 Å². The van der Waals surface area contributed by atoms with E-state index in [1.165, 1.54) is 49.7 Å². The molecule has 1 fully saturated rings. The summed E-state index contributed by atoms with van der Waals surface area (Å²) >= 11 is 0. The molecule has 0 aromatic rings. The Morgan fingerprint density at radius 1 is 1.20 bits per heavy atom. The number of hydrogen-bond donors (Lipinski definition) is 0. The molecule has 0 saturated heterocycles. The van der Waals surface area contributed by atoms with Crippen molar-refractivity contribution in [2.24, 2.45) is 11.8 Å². The number of fused-ring (bicyclic) bond motifs is 1. The lowest BCUT2D eigenvalue weighted by Crippen LogP contribution is -2.07. The normalized spacial score (nSPS) is 31.5. The van der Waals surface area contributed by atoms with E-state index in [0.29, 0.717) is 0 Å². The van der Waals surface area contributed by atoms with E-state index in [-0.39, 0.29) is 0 Å². The molecule has 0 nitrogen and oxygen atoms in total. The van der Waals surface area contributed by atoms with E-state index >= 15 is 0 Å². The Morgan fingerprint density at radius 3 is 2.73 bits per heavy atom. The summed E-state index contributed by atoms with van der Waals surface area (Å²) in [6, 6.07) is 0. The molecule has 2 aliphatic rings. The van der Waals surface area contributed by atoms with E-state index in [4.69, 9.17) is 0 Å². The van der Waals surface area contributed by atoms with Gasteiger partial charge in [0.2, 0.25) is 0 Å². The number of hydrogen-bond acceptors (Lipinski definition) is 0. The molecule has 2 rings (SSSR count). The fourth-order valence-corrected chi connectivity index (χ4v) is 2.98. The number of allylic oxidation sites excluding steroid dienone is 4. The molecule has 0 radical (unpaired) electrons. The Balaban J connectivity index is 2.09. The zero-order chi connectivity index (χ0) is 10.8. The molecular formula is C15H22. The predicted molar refractivity (Wildman–Crippen MR) is 66.7 cm³/mol. The van der Waals surface area contributed by atoms with Crippen LogP contribution in [0.5, 0.6) is 0 Å². The van der Waals surface area contributed by atoms with Gasteiger partial charge in [-0.3, -0.25) is 0 Å². The van der Waals surface area contributed by atoms with Crippen LogP contribution in [-0.4, -0.2) is 0 Å². The van der Waals surface area contributed by atoms with Crippen molar-refractivity contribution in [2.45, 2.75) is 45.4 Å². The summed E-state index contributed by atoms with van der Waals surface area (Å²) in [6.07, 6.45) is 10.2. The van der Waals surface area contributed by atoms with Crippen molar-refractivity contribution in [1.29, 1.82) is 0 Å². The summed E-state index contributed by atoms with van der Waals surface area (Å²) in [4.78, 5) is 0. The minimum Gasteiger partial charge on any atom is -0.0999 e. The Hall–Kier alpha value is -0.780. The maximum absolute atomic E-state index is 4.12. The highest BCUT2D eigenvalue weighted by Gasteiger charge is 2.24. The van der Waals surface area contributed by atoms with Gasteiger partial charge < -0.3 is 0 Å². The molecule has 82 valence electrons. The van der Waals surface area contributed by atoms with Crippen LogP contribution in [0, 0.1) is 11.8 Å². The Kier molecular flexibility index (Phi) is 3.14. The van der Waals surface area contributed by atoms with Crippen LogP contribution in [0.15, 0.2) is 36.0 Å². The second-order valence-electron chi connectivity index (χ2n) is 5.27. The van der Waals surface area contributed by atoms with Gasteiger partial charge in [-0.2, -0.15) is 0 Å². The molecule has 0 spiro atoms. The van der Waals surface area contributed by atoms with E-state index < -0.39 is 0 Å². The highest BCUT2D eigenvalue weighted by molar-refractivity contribution is 5.27. The van der Waals surface area contributed by atoms with E-state index in [2.05, 4.69) is 26.2 Å². The standard InChI is InChI=1S/C15H22/c1-11(2)13-6-8-14-5-4-12(3)10-15(14)9-7-13/h10,13-14H,1,3-9H2,2H3. The molecule has 0 bridgehead atoms. The third-order valence-corrected chi connectivity index (χ3v) is 4.07. The van der Waals surface area contributed by atoms with Crippen LogP contribution < -0.4 is 0 Å². The SMILES string of the molecule is C=C1C=C2CCC(C(=C)C)CCC2CC1. The molecule has 0 aromatic heterocycles. The predicted octanol–water partition coefficient (Wildman–Crippen LogP) is 4.65. The van der Waals surface area contributed by atoms with Crippen LogP contribution in [0.4, 0.5) is 0 Å². The lowest BCUT2D eigenvalue weighted by atomic mass is 9.83. The van der Waals surface area contributed by atoms with Crippen molar-refractivity contribution < 1.29 is 0 Å². The molecule has 2 unspecified atom stereocenters. The summed E-state index contributed by atoms with van der Waals surface area (Å²) < 4.78 is 0. The first-order valence-corrected chi connectivity index (χ1v) is 6.20. The first-order valence-electron chi connectivity index (χ1n) is 6.20. The molecule has 2 aliphatic carbocycles. The van der Waals surface area contributed by atoms with Gasteiger partial charge in [-0.05, 0) is 57.3 Å². The van der Waals surface area contributed by atoms with Crippen LogP contribution in [0.25, 0.3) is 0 Å². The Bertz CT molecular complexity index is 306. The van der Waals surface area contributed by atoms with Gasteiger partial charge in [0.1, 0.15) is 0 Å². The Labute approximate surface area is 93.8 Å². The average Bonchev–Trinajstić information content (AvgIpc) is 2.39. The lowest BCUT2D eigenvalue weighted by molar-refractivity contribution is 0.466. The van der Waals surface area contributed by atoms with Gasteiger partial charge in [0.25, 0.3) is 0 Å². The second-order valence-corrected chi connectivity index (χ2v) is 5.27. The van der Waals surface area contributed by atoms with Crippen molar-refractivity contribution in [3.63, 3.8) is 0 Å². The number of rotatable bonds is 1. The highest BCUT2D eigenvalue weighted by Crippen LogP contribution is 2.39. The Morgan fingerprint density at radius 2 is 2.00 bits per heavy atom. The maximum atomic E-state index is 4.12. The first kappa shape index (κ1) is 10.7. The molecule has 0 heterocycles. The smallest absolute Gasteiger partial charge is 0.0197 e. The molecule has 0 aliphatic heterocycles. The summed E-state index contributed by atoms with van der Waals surface area (Å²) in [5, 5.41) is 0. The third-order valence-electron chi connectivity index (χ3n) is 4.07. The molecule has 15 heavy (non-hydrogen) atoms. The van der Waals surface area contributed by atoms with Gasteiger partial charge in [0.05, 0.1) is 0 Å². The fourth-order valence-electron chi connectivity index (χ4n) is 2.98. The summed E-state index contributed by atoms with van der Waals surface area (Å²) in [7, 11) is 0. The van der Waals surface area contributed by atoms with Gasteiger partial charge in [-0.1, -0.05) is 36.0 Å². The van der Waals surface area contributed by atoms with Gasteiger partial charge in [0.15, 0.2) is 0 Å². The van der Waals surface area contributed by atoms with Crippen molar-refractivity contribution >= 4 is 0 Å². The first-order chi connectivity index (χ1) is 7.16. The van der Waals surface area contributed by atoms with Gasteiger partial charge >= 0.3 is 0 Å². The van der Waals surface area contributed by atoms with Crippen molar-refractivity contribution in [3.05, 3.63) is 36.0 Å². The molecule has 0 N–H and O–H groups in total. The summed E-state index contributed by atoms with van der Waals surface area (Å²) in [5.74, 6) is 1.63. The maximum Gasteiger partial charge on any atom is -0.0197 e. The fraction of sp³-hybridized carbons (Fsp3) is 0.600. The van der Waals surface area contributed by atoms with Gasteiger partial charge in [-0.15, -0.1) is 0 Å². The van der Waals surface area contributed by atoms with Crippen molar-refractivity contribution in [3.8, 4) is 0 Å². The minimum absolute atomic E-state index is 0.768. The zero-order valence-corrected chi connectivity index (χ0v) is 9.89. The van der Waals surface area contributed by atoms with Crippen molar-refractivity contribution in [1.82, 2.24) is 0 Å². The molecule has 2 atom stereocenters. The molecule has 1 saturated carbocycles.